The van der Waals surface area contributed by atoms with E-state index in [1.165, 1.54) is 24.9 Å². The fraction of sp³-hybridized carbons (Fsp3) is 0.406. The standard InChI is InChI=1S/C32H39N3O2/c1-6-34(7-2)26-15-17-29(23(3)21-26)32(24-11-13-25(14-12-24)33(4)5)30-18-16-27(22-28(30)31(36)37-32)35-19-9-8-10-20-35/h11-18,21-22H,6-10,19-20H2,1-5H3. The number of nitrogens with zero attached hydrogens (tertiary/aromatic N) is 3. The lowest BCUT2D eigenvalue weighted by Gasteiger charge is -2.33. The number of carbonyl (C=O) groups is 1. The largest absolute Gasteiger partial charge is 0.441 e. The van der Waals surface area contributed by atoms with Gasteiger partial charge in [0.05, 0.1) is 5.56 Å². The Labute approximate surface area is 221 Å². The van der Waals surface area contributed by atoms with Crippen LogP contribution >= 0.6 is 0 Å². The fourth-order valence-corrected chi connectivity index (χ4v) is 6.00. The van der Waals surface area contributed by atoms with Gasteiger partial charge in [-0.15, -0.1) is 0 Å². The predicted octanol–water partition coefficient (Wildman–Crippen LogP) is 6.36. The molecule has 0 aliphatic carbocycles. The van der Waals surface area contributed by atoms with Gasteiger partial charge in [-0.3, -0.25) is 0 Å². The molecule has 37 heavy (non-hydrogen) atoms. The third kappa shape index (κ3) is 4.35. The fourth-order valence-electron chi connectivity index (χ4n) is 6.00. The highest BCUT2D eigenvalue weighted by molar-refractivity contribution is 5.97. The molecule has 1 saturated heterocycles. The van der Waals surface area contributed by atoms with Crippen molar-refractivity contribution in [1.82, 2.24) is 0 Å². The van der Waals surface area contributed by atoms with E-state index in [-0.39, 0.29) is 5.97 Å². The van der Waals surface area contributed by atoms with Crippen molar-refractivity contribution in [3.63, 3.8) is 0 Å². The molecule has 2 aliphatic rings. The van der Waals surface area contributed by atoms with Crippen molar-refractivity contribution in [2.75, 3.05) is 55.0 Å². The molecule has 1 atom stereocenters. The Bertz CT molecular complexity index is 1270. The number of hydrogen-bond acceptors (Lipinski definition) is 5. The summed E-state index contributed by atoms with van der Waals surface area (Å²) in [4.78, 5) is 20.4. The first-order valence-corrected chi connectivity index (χ1v) is 13.7. The molecule has 0 amide bonds. The summed E-state index contributed by atoms with van der Waals surface area (Å²) in [5.74, 6) is -0.252. The minimum atomic E-state index is -0.983. The second-order valence-electron chi connectivity index (χ2n) is 10.5. The Hall–Kier alpha value is -3.47. The maximum absolute atomic E-state index is 13.6. The van der Waals surface area contributed by atoms with Gasteiger partial charge in [0.15, 0.2) is 5.60 Å². The number of esters is 1. The van der Waals surface area contributed by atoms with Gasteiger partial charge in [-0.1, -0.05) is 24.3 Å². The van der Waals surface area contributed by atoms with Crippen molar-refractivity contribution in [2.45, 2.75) is 45.6 Å². The first kappa shape index (κ1) is 25.2. The molecule has 0 aromatic heterocycles. The van der Waals surface area contributed by atoms with Gasteiger partial charge in [0.25, 0.3) is 0 Å². The molecule has 5 heteroatoms. The van der Waals surface area contributed by atoms with Gasteiger partial charge in [-0.05, 0) is 82.0 Å². The van der Waals surface area contributed by atoms with E-state index in [9.17, 15) is 4.79 Å². The van der Waals surface area contributed by atoms with E-state index in [0.29, 0.717) is 5.56 Å². The molecular weight excluding hydrogens is 458 g/mol. The molecule has 0 radical (unpaired) electrons. The van der Waals surface area contributed by atoms with Crippen LogP contribution in [0.25, 0.3) is 0 Å². The average molecular weight is 498 g/mol. The van der Waals surface area contributed by atoms with Gasteiger partial charge in [-0.2, -0.15) is 0 Å². The van der Waals surface area contributed by atoms with Gasteiger partial charge in [-0.25, -0.2) is 4.79 Å². The zero-order valence-electron chi connectivity index (χ0n) is 22.9. The molecule has 194 valence electrons. The first-order valence-electron chi connectivity index (χ1n) is 13.7. The SMILES string of the molecule is CCN(CC)c1ccc(C2(c3ccc(N(C)C)cc3)OC(=O)c3cc(N4CCCCC4)ccc32)c(C)c1. The third-order valence-corrected chi connectivity index (χ3v) is 8.08. The number of cyclic esters (lactones) is 1. The number of anilines is 3. The Balaban J connectivity index is 1.68. The summed E-state index contributed by atoms with van der Waals surface area (Å²) in [6.45, 7) is 10.5. The van der Waals surface area contributed by atoms with E-state index in [0.717, 1.165) is 59.8 Å². The highest BCUT2D eigenvalue weighted by Gasteiger charge is 2.49. The highest BCUT2D eigenvalue weighted by atomic mass is 16.6. The van der Waals surface area contributed by atoms with Crippen LogP contribution in [0.5, 0.6) is 0 Å². The second kappa shape index (κ2) is 10.1. The number of fused-ring (bicyclic) bond motifs is 1. The van der Waals surface area contributed by atoms with Gasteiger partial charge < -0.3 is 19.4 Å². The molecule has 0 saturated carbocycles. The molecule has 5 nitrogen and oxygen atoms in total. The van der Waals surface area contributed by atoms with Gasteiger partial charge in [0.1, 0.15) is 0 Å². The molecule has 2 heterocycles. The number of rotatable bonds is 7. The van der Waals surface area contributed by atoms with Crippen molar-refractivity contribution in [1.29, 1.82) is 0 Å². The van der Waals surface area contributed by atoms with Crippen LogP contribution in [-0.2, 0) is 10.3 Å². The van der Waals surface area contributed by atoms with Crippen molar-refractivity contribution in [3.8, 4) is 0 Å². The predicted molar refractivity (Wildman–Crippen MR) is 153 cm³/mol. The van der Waals surface area contributed by atoms with Crippen molar-refractivity contribution >= 4 is 23.0 Å². The second-order valence-corrected chi connectivity index (χ2v) is 10.5. The molecule has 0 N–H and O–H groups in total. The molecule has 5 rings (SSSR count). The summed E-state index contributed by atoms with van der Waals surface area (Å²) in [7, 11) is 4.07. The number of hydrogen-bond donors (Lipinski definition) is 0. The Morgan fingerprint density at radius 2 is 1.49 bits per heavy atom. The number of benzene rings is 3. The zero-order valence-corrected chi connectivity index (χ0v) is 22.9. The maximum atomic E-state index is 13.6. The summed E-state index contributed by atoms with van der Waals surface area (Å²) >= 11 is 0. The van der Waals surface area contributed by atoms with E-state index >= 15 is 0 Å². The molecule has 0 bridgehead atoms. The number of ether oxygens (including phenoxy) is 1. The summed E-state index contributed by atoms with van der Waals surface area (Å²) in [5, 5.41) is 0. The third-order valence-electron chi connectivity index (χ3n) is 8.08. The minimum Gasteiger partial charge on any atom is -0.441 e. The van der Waals surface area contributed by atoms with E-state index < -0.39 is 5.60 Å². The first-order chi connectivity index (χ1) is 17.9. The normalized spacial score (nSPS) is 18.9. The van der Waals surface area contributed by atoms with Gasteiger partial charge in [0, 0.05) is 74.0 Å². The molecular formula is C32H39N3O2. The van der Waals surface area contributed by atoms with E-state index in [1.807, 2.05) is 14.1 Å². The molecule has 3 aromatic carbocycles. The molecule has 0 spiro atoms. The van der Waals surface area contributed by atoms with Crippen molar-refractivity contribution < 1.29 is 9.53 Å². The van der Waals surface area contributed by atoms with Gasteiger partial charge >= 0.3 is 5.97 Å². The highest BCUT2D eigenvalue weighted by Crippen LogP contribution is 2.49. The van der Waals surface area contributed by atoms with Crippen LogP contribution in [-0.4, -0.2) is 46.2 Å². The van der Waals surface area contributed by atoms with Crippen molar-refractivity contribution in [2.24, 2.45) is 0 Å². The van der Waals surface area contributed by atoms with Crippen LogP contribution in [0.3, 0.4) is 0 Å². The minimum absolute atomic E-state index is 0.252. The average Bonchev–Trinajstić information content (AvgIpc) is 3.22. The molecule has 1 fully saturated rings. The van der Waals surface area contributed by atoms with Crippen molar-refractivity contribution in [3.05, 3.63) is 88.5 Å². The van der Waals surface area contributed by atoms with E-state index in [4.69, 9.17) is 4.74 Å². The lowest BCUT2D eigenvalue weighted by atomic mass is 9.78. The van der Waals surface area contributed by atoms with Crippen LogP contribution in [0.4, 0.5) is 17.1 Å². The Morgan fingerprint density at radius 1 is 0.838 bits per heavy atom. The summed E-state index contributed by atoms with van der Waals surface area (Å²) in [5.41, 5.74) is 7.12. The topological polar surface area (TPSA) is 36.0 Å². The summed E-state index contributed by atoms with van der Waals surface area (Å²) in [6, 6.07) is 21.3. The van der Waals surface area contributed by atoms with E-state index in [2.05, 4.69) is 96.1 Å². The Kier molecular flexibility index (Phi) is 6.89. The van der Waals surface area contributed by atoms with Crippen LogP contribution in [0.2, 0.25) is 0 Å². The maximum Gasteiger partial charge on any atom is 0.340 e. The molecule has 2 aliphatic heterocycles. The number of piperidine rings is 1. The van der Waals surface area contributed by atoms with Crippen LogP contribution in [0, 0.1) is 6.92 Å². The monoisotopic (exact) mass is 497 g/mol. The summed E-state index contributed by atoms with van der Waals surface area (Å²) < 4.78 is 6.48. The van der Waals surface area contributed by atoms with E-state index in [1.54, 1.807) is 0 Å². The zero-order chi connectivity index (χ0) is 26.2. The smallest absolute Gasteiger partial charge is 0.340 e. The lowest BCUT2D eigenvalue weighted by molar-refractivity contribution is 0.0250. The lowest BCUT2D eigenvalue weighted by Crippen LogP contribution is -2.31. The van der Waals surface area contributed by atoms with Crippen LogP contribution < -0.4 is 14.7 Å². The van der Waals surface area contributed by atoms with Crippen LogP contribution in [0.15, 0.2) is 60.7 Å². The van der Waals surface area contributed by atoms with Gasteiger partial charge in [0.2, 0.25) is 0 Å². The number of aryl methyl sites for hydroxylation is 1. The van der Waals surface area contributed by atoms with Crippen LogP contribution in [0.1, 0.15) is 65.7 Å². The molecule has 1 unspecified atom stereocenters. The summed E-state index contributed by atoms with van der Waals surface area (Å²) in [6.07, 6.45) is 3.67. The molecule has 3 aromatic rings. The number of carbonyl (C=O) groups excluding carboxylic acids is 1. The quantitative estimate of drug-likeness (QED) is 0.355. The Morgan fingerprint density at radius 3 is 2.11 bits per heavy atom.